The lowest BCUT2D eigenvalue weighted by Gasteiger charge is -2.15. The molecule has 1 aromatic rings. The van der Waals surface area contributed by atoms with Crippen LogP contribution in [0.25, 0.3) is 0 Å². The second-order valence-corrected chi connectivity index (χ2v) is 5.04. The Morgan fingerprint density at radius 2 is 2.28 bits per heavy atom. The average Bonchev–Trinajstić information content (AvgIpc) is 2.68. The third kappa shape index (κ3) is 3.31. The van der Waals surface area contributed by atoms with E-state index in [0.29, 0.717) is 13.1 Å². The van der Waals surface area contributed by atoms with E-state index in [9.17, 15) is 9.90 Å². The topological polar surface area (TPSA) is 52.6 Å². The van der Waals surface area contributed by atoms with Crippen molar-refractivity contribution in [3.05, 3.63) is 29.3 Å². The largest absolute Gasteiger partial charge is 0.392 e. The van der Waals surface area contributed by atoms with E-state index < -0.39 is 0 Å². The minimum atomic E-state index is -0.279. The van der Waals surface area contributed by atoms with Crippen LogP contribution in [0.4, 0.5) is 5.69 Å². The molecular weight excluding hydrogens is 228 g/mol. The molecule has 1 aliphatic rings. The number of aliphatic hydroxyl groups is 1. The van der Waals surface area contributed by atoms with Gasteiger partial charge in [0.05, 0.1) is 12.6 Å². The Morgan fingerprint density at radius 3 is 2.89 bits per heavy atom. The van der Waals surface area contributed by atoms with Crippen LogP contribution in [0.3, 0.4) is 0 Å². The standard InChI is InChI=1S/C14H20N2O2/c1-10-3-4-13(11(2)7-10)15-14(18)9-16-6-5-12(17)8-16/h3-4,7,12,17H,5-6,8-9H2,1-2H3,(H,15,18)/t12-/m0/s1. The van der Waals surface area contributed by atoms with Crippen LogP contribution >= 0.6 is 0 Å². The van der Waals surface area contributed by atoms with Crippen LogP contribution < -0.4 is 5.32 Å². The minimum Gasteiger partial charge on any atom is -0.392 e. The molecular formula is C14H20N2O2. The molecule has 98 valence electrons. The number of amides is 1. The number of aryl methyl sites for hydroxylation is 2. The van der Waals surface area contributed by atoms with Crippen LogP contribution in [0.5, 0.6) is 0 Å². The number of rotatable bonds is 3. The zero-order chi connectivity index (χ0) is 13.1. The molecule has 0 radical (unpaired) electrons. The number of nitrogens with one attached hydrogen (secondary N) is 1. The first-order valence-corrected chi connectivity index (χ1v) is 6.32. The van der Waals surface area contributed by atoms with Crippen LogP contribution in [-0.4, -0.2) is 41.7 Å². The zero-order valence-corrected chi connectivity index (χ0v) is 10.9. The van der Waals surface area contributed by atoms with Gasteiger partial charge in [-0.25, -0.2) is 0 Å². The van der Waals surface area contributed by atoms with Gasteiger partial charge in [0.1, 0.15) is 0 Å². The highest BCUT2D eigenvalue weighted by molar-refractivity contribution is 5.93. The van der Waals surface area contributed by atoms with Crippen LogP contribution in [0, 0.1) is 13.8 Å². The second kappa shape index (κ2) is 5.50. The quantitative estimate of drug-likeness (QED) is 0.848. The number of nitrogens with zero attached hydrogens (tertiary/aromatic N) is 1. The molecule has 2 rings (SSSR count). The fraction of sp³-hybridized carbons (Fsp3) is 0.500. The van der Waals surface area contributed by atoms with Gasteiger partial charge in [-0.1, -0.05) is 17.7 Å². The van der Waals surface area contributed by atoms with E-state index in [2.05, 4.69) is 11.4 Å². The first kappa shape index (κ1) is 13.1. The highest BCUT2D eigenvalue weighted by Gasteiger charge is 2.21. The number of aliphatic hydroxyl groups excluding tert-OH is 1. The Bertz CT molecular complexity index is 445. The summed E-state index contributed by atoms with van der Waals surface area (Å²) in [5, 5.41) is 12.3. The van der Waals surface area contributed by atoms with Gasteiger partial charge in [0, 0.05) is 18.8 Å². The summed E-state index contributed by atoms with van der Waals surface area (Å²) in [6.45, 7) is 5.76. The van der Waals surface area contributed by atoms with Gasteiger partial charge in [0.2, 0.25) is 5.91 Å². The molecule has 4 nitrogen and oxygen atoms in total. The van der Waals surface area contributed by atoms with Gasteiger partial charge in [-0.05, 0) is 31.9 Å². The lowest BCUT2D eigenvalue weighted by Crippen LogP contribution is -2.32. The first-order valence-electron chi connectivity index (χ1n) is 6.32. The number of carbonyl (C=O) groups is 1. The van der Waals surface area contributed by atoms with Gasteiger partial charge in [0.15, 0.2) is 0 Å². The number of likely N-dealkylation sites (tertiary alicyclic amines) is 1. The van der Waals surface area contributed by atoms with E-state index in [1.165, 1.54) is 5.56 Å². The summed E-state index contributed by atoms with van der Waals surface area (Å²) in [5.74, 6) is -0.0175. The maximum atomic E-state index is 11.9. The summed E-state index contributed by atoms with van der Waals surface area (Å²) in [7, 11) is 0. The molecule has 1 atom stereocenters. The van der Waals surface area contributed by atoms with Crippen LogP contribution in [0.1, 0.15) is 17.5 Å². The smallest absolute Gasteiger partial charge is 0.238 e. The van der Waals surface area contributed by atoms with Crippen molar-refractivity contribution in [2.75, 3.05) is 25.0 Å². The third-order valence-corrected chi connectivity index (χ3v) is 3.27. The van der Waals surface area contributed by atoms with Crippen molar-refractivity contribution in [1.29, 1.82) is 0 Å². The Kier molecular flexibility index (Phi) is 3.99. The van der Waals surface area contributed by atoms with E-state index in [-0.39, 0.29) is 12.0 Å². The lowest BCUT2D eigenvalue weighted by molar-refractivity contribution is -0.117. The maximum Gasteiger partial charge on any atom is 0.238 e. The highest BCUT2D eigenvalue weighted by Crippen LogP contribution is 2.16. The van der Waals surface area contributed by atoms with Gasteiger partial charge >= 0.3 is 0 Å². The number of anilines is 1. The second-order valence-electron chi connectivity index (χ2n) is 5.04. The molecule has 4 heteroatoms. The van der Waals surface area contributed by atoms with Crippen molar-refractivity contribution in [2.24, 2.45) is 0 Å². The lowest BCUT2D eigenvalue weighted by atomic mass is 10.1. The van der Waals surface area contributed by atoms with Crippen molar-refractivity contribution in [3.8, 4) is 0 Å². The number of β-amino-alcohol motifs (C(OH)–C–C–N with tert-alkyl or cyclic N) is 1. The van der Waals surface area contributed by atoms with Gasteiger partial charge in [0.25, 0.3) is 0 Å². The van der Waals surface area contributed by atoms with E-state index in [1.807, 2.05) is 30.9 Å². The molecule has 1 aliphatic heterocycles. The Labute approximate surface area is 108 Å². The number of carbonyl (C=O) groups excluding carboxylic acids is 1. The highest BCUT2D eigenvalue weighted by atomic mass is 16.3. The molecule has 0 aromatic heterocycles. The Hall–Kier alpha value is -1.39. The summed E-state index contributed by atoms with van der Waals surface area (Å²) in [5.41, 5.74) is 3.13. The molecule has 2 N–H and O–H groups in total. The monoisotopic (exact) mass is 248 g/mol. The SMILES string of the molecule is Cc1ccc(NC(=O)CN2CC[C@H](O)C2)c(C)c1. The van der Waals surface area contributed by atoms with Gasteiger partial charge in [-0.3, -0.25) is 9.69 Å². The minimum absolute atomic E-state index is 0.0175. The molecule has 1 saturated heterocycles. The van der Waals surface area contributed by atoms with Crippen molar-refractivity contribution in [3.63, 3.8) is 0 Å². The van der Waals surface area contributed by atoms with E-state index in [1.54, 1.807) is 0 Å². The van der Waals surface area contributed by atoms with E-state index >= 15 is 0 Å². The first-order chi connectivity index (χ1) is 8.54. The van der Waals surface area contributed by atoms with Crippen LogP contribution in [0.15, 0.2) is 18.2 Å². The number of hydrogen-bond donors (Lipinski definition) is 2. The normalized spacial score (nSPS) is 20.1. The third-order valence-electron chi connectivity index (χ3n) is 3.27. The predicted molar refractivity (Wildman–Crippen MR) is 71.6 cm³/mol. The summed E-state index contributed by atoms with van der Waals surface area (Å²) < 4.78 is 0. The van der Waals surface area contributed by atoms with E-state index in [0.717, 1.165) is 24.2 Å². The molecule has 1 fully saturated rings. The Morgan fingerprint density at radius 1 is 1.50 bits per heavy atom. The Balaban J connectivity index is 1.91. The fourth-order valence-electron chi connectivity index (χ4n) is 2.30. The van der Waals surface area contributed by atoms with Gasteiger partial charge in [-0.2, -0.15) is 0 Å². The molecule has 18 heavy (non-hydrogen) atoms. The number of hydrogen-bond acceptors (Lipinski definition) is 3. The van der Waals surface area contributed by atoms with Crippen molar-refractivity contribution >= 4 is 11.6 Å². The van der Waals surface area contributed by atoms with Gasteiger partial charge < -0.3 is 10.4 Å². The summed E-state index contributed by atoms with van der Waals surface area (Å²) >= 11 is 0. The average molecular weight is 248 g/mol. The predicted octanol–water partition coefficient (Wildman–Crippen LogP) is 1.31. The number of benzene rings is 1. The van der Waals surface area contributed by atoms with Crippen LogP contribution in [0.2, 0.25) is 0 Å². The summed E-state index contributed by atoms with van der Waals surface area (Å²) in [6.07, 6.45) is 0.482. The molecule has 0 saturated carbocycles. The van der Waals surface area contributed by atoms with Gasteiger partial charge in [-0.15, -0.1) is 0 Å². The van der Waals surface area contributed by atoms with Crippen molar-refractivity contribution < 1.29 is 9.90 Å². The summed E-state index contributed by atoms with van der Waals surface area (Å²) in [4.78, 5) is 13.9. The molecule has 0 aliphatic carbocycles. The van der Waals surface area contributed by atoms with E-state index in [4.69, 9.17) is 0 Å². The molecule has 1 aromatic carbocycles. The molecule has 1 heterocycles. The molecule has 0 bridgehead atoms. The molecule has 1 amide bonds. The van der Waals surface area contributed by atoms with Crippen molar-refractivity contribution in [2.45, 2.75) is 26.4 Å². The fourth-order valence-corrected chi connectivity index (χ4v) is 2.30. The zero-order valence-electron chi connectivity index (χ0n) is 10.9. The van der Waals surface area contributed by atoms with Crippen molar-refractivity contribution in [1.82, 2.24) is 4.90 Å². The maximum absolute atomic E-state index is 11.9. The molecule has 0 unspecified atom stereocenters. The summed E-state index contributed by atoms with van der Waals surface area (Å²) in [6, 6.07) is 5.97. The van der Waals surface area contributed by atoms with Crippen LogP contribution in [-0.2, 0) is 4.79 Å². The molecule has 0 spiro atoms.